The SMILES string of the molecule is Cc1ccc(C(CC(=O)O)NC(=O)c2ccc(N3CCN(C(=O)c4ccc5c(c4)OCO5)CC3)c(NC(=O)CC(C)(C)C)c2)cc1. The number of amides is 3. The number of carbonyl (C=O) groups is 4. The summed E-state index contributed by atoms with van der Waals surface area (Å²) in [4.78, 5) is 55.3. The fourth-order valence-electron chi connectivity index (χ4n) is 5.56. The van der Waals surface area contributed by atoms with E-state index in [0.717, 1.165) is 11.3 Å². The molecular weight excluding hydrogens is 588 g/mol. The molecule has 11 nitrogen and oxygen atoms in total. The molecule has 0 bridgehead atoms. The molecule has 5 rings (SSSR count). The zero-order chi connectivity index (χ0) is 33.0. The van der Waals surface area contributed by atoms with Crippen molar-refractivity contribution >= 4 is 35.1 Å². The highest BCUT2D eigenvalue weighted by atomic mass is 16.7. The summed E-state index contributed by atoms with van der Waals surface area (Å²) in [6, 6.07) is 16.9. The van der Waals surface area contributed by atoms with Crippen LogP contribution in [0.25, 0.3) is 0 Å². The van der Waals surface area contributed by atoms with Crippen LogP contribution in [0.3, 0.4) is 0 Å². The third-order valence-corrected chi connectivity index (χ3v) is 7.91. The first kappa shape index (κ1) is 32.3. The van der Waals surface area contributed by atoms with Crippen molar-refractivity contribution in [1.82, 2.24) is 10.2 Å². The van der Waals surface area contributed by atoms with E-state index < -0.39 is 17.9 Å². The van der Waals surface area contributed by atoms with E-state index in [2.05, 4.69) is 15.5 Å². The normalized spacial score (nSPS) is 14.9. The molecule has 1 atom stereocenters. The number of carboxylic acids is 1. The molecule has 2 aliphatic rings. The molecular formula is C35H40N4O7. The summed E-state index contributed by atoms with van der Waals surface area (Å²) in [7, 11) is 0. The van der Waals surface area contributed by atoms with E-state index in [1.165, 1.54) is 0 Å². The molecule has 2 heterocycles. The standard InChI is InChI=1S/C35H40N4O7/c1-22-5-7-23(8-6-22)26(19-32(41)42)37-33(43)24-9-11-28(27(17-24)36-31(40)20-35(2,3)4)38-13-15-39(16-14-38)34(44)25-10-12-29-30(18-25)46-21-45-29/h5-12,17-18,26H,13-16,19-21H2,1-4H3,(H,36,40)(H,37,43)(H,41,42). The maximum absolute atomic E-state index is 13.5. The molecule has 0 aromatic heterocycles. The largest absolute Gasteiger partial charge is 0.481 e. The van der Waals surface area contributed by atoms with Gasteiger partial charge in [-0.2, -0.15) is 0 Å². The van der Waals surface area contributed by atoms with Gasteiger partial charge >= 0.3 is 5.97 Å². The molecule has 46 heavy (non-hydrogen) atoms. The molecule has 1 saturated heterocycles. The Labute approximate surface area is 268 Å². The van der Waals surface area contributed by atoms with Gasteiger partial charge in [-0.3, -0.25) is 19.2 Å². The molecule has 0 spiro atoms. The van der Waals surface area contributed by atoms with Crippen molar-refractivity contribution in [3.8, 4) is 11.5 Å². The second kappa shape index (κ2) is 13.5. The van der Waals surface area contributed by atoms with Crippen LogP contribution in [-0.2, 0) is 9.59 Å². The highest BCUT2D eigenvalue weighted by molar-refractivity contribution is 6.00. The molecule has 0 saturated carbocycles. The third-order valence-electron chi connectivity index (χ3n) is 7.91. The van der Waals surface area contributed by atoms with Crippen molar-refractivity contribution < 1.29 is 33.8 Å². The molecule has 2 aliphatic heterocycles. The quantitative estimate of drug-likeness (QED) is 0.301. The monoisotopic (exact) mass is 628 g/mol. The first-order valence-electron chi connectivity index (χ1n) is 15.3. The highest BCUT2D eigenvalue weighted by Crippen LogP contribution is 2.34. The van der Waals surface area contributed by atoms with Crippen molar-refractivity contribution in [2.45, 2.75) is 46.6 Å². The van der Waals surface area contributed by atoms with Crippen LogP contribution in [0.2, 0.25) is 0 Å². The van der Waals surface area contributed by atoms with Crippen LogP contribution in [0.4, 0.5) is 11.4 Å². The first-order chi connectivity index (χ1) is 21.9. The molecule has 0 radical (unpaired) electrons. The molecule has 11 heteroatoms. The molecule has 3 aromatic carbocycles. The Bertz CT molecular complexity index is 1620. The van der Waals surface area contributed by atoms with Gasteiger partial charge in [-0.1, -0.05) is 50.6 Å². The van der Waals surface area contributed by atoms with Crippen LogP contribution >= 0.6 is 0 Å². The van der Waals surface area contributed by atoms with Crippen molar-refractivity contribution in [3.05, 3.63) is 82.9 Å². The molecule has 242 valence electrons. The van der Waals surface area contributed by atoms with Gasteiger partial charge in [0.05, 0.1) is 23.8 Å². The molecule has 3 N–H and O–H groups in total. The number of aliphatic carboxylic acids is 1. The van der Waals surface area contributed by atoms with Gasteiger partial charge in [0.15, 0.2) is 11.5 Å². The lowest BCUT2D eigenvalue weighted by atomic mass is 9.92. The van der Waals surface area contributed by atoms with Gasteiger partial charge in [0.2, 0.25) is 12.7 Å². The van der Waals surface area contributed by atoms with Gasteiger partial charge in [0.1, 0.15) is 0 Å². The Hall–Kier alpha value is -5.06. The number of ether oxygens (including phenoxy) is 2. The van der Waals surface area contributed by atoms with Crippen LogP contribution < -0.4 is 25.0 Å². The summed E-state index contributed by atoms with van der Waals surface area (Å²) < 4.78 is 10.8. The smallest absolute Gasteiger partial charge is 0.305 e. The number of nitrogens with one attached hydrogen (secondary N) is 2. The summed E-state index contributed by atoms with van der Waals surface area (Å²) in [5.41, 5.74) is 3.47. The van der Waals surface area contributed by atoms with Crippen LogP contribution in [0, 0.1) is 12.3 Å². The number of nitrogens with zero attached hydrogens (tertiary/aromatic N) is 2. The van der Waals surface area contributed by atoms with Gasteiger partial charge in [0, 0.05) is 43.7 Å². The Balaban J connectivity index is 1.34. The van der Waals surface area contributed by atoms with Crippen molar-refractivity contribution in [1.29, 1.82) is 0 Å². The minimum atomic E-state index is -1.03. The van der Waals surface area contributed by atoms with Gasteiger partial charge in [-0.25, -0.2) is 0 Å². The van der Waals surface area contributed by atoms with E-state index in [-0.39, 0.29) is 42.4 Å². The second-order valence-electron chi connectivity index (χ2n) is 12.9. The lowest BCUT2D eigenvalue weighted by Gasteiger charge is -2.37. The summed E-state index contributed by atoms with van der Waals surface area (Å²) >= 11 is 0. The average molecular weight is 629 g/mol. The molecule has 3 amide bonds. The van der Waals surface area contributed by atoms with E-state index in [1.807, 2.05) is 39.8 Å². The van der Waals surface area contributed by atoms with E-state index in [9.17, 15) is 24.3 Å². The topological polar surface area (TPSA) is 138 Å². The predicted molar refractivity (Wildman–Crippen MR) is 173 cm³/mol. The van der Waals surface area contributed by atoms with E-state index >= 15 is 0 Å². The Kier molecular flexibility index (Phi) is 9.50. The summed E-state index contributed by atoms with van der Waals surface area (Å²) in [5.74, 6) is -0.611. The fraction of sp³-hybridized carbons (Fsp3) is 0.371. The van der Waals surface area contributed by atoms with Gasteiger partial charge < -0.3 is 35.0 Å². The number of carbonyl (C=O) groups excluding carboxylic acids is 3. The van der Waals surface area contributed by atoms with Crippen LogP contribution in [-0.4, -0.2) is 66.7 Å². The fourth-order valence-corrected chi connectivity index (χ4v) is 5.56. The lowest BCUT2D eigenvalue weighted by Crippen LogP contribution is -2.49. The predicted octanol–water partition coefficient (Wildman–Crippen LogP) is 5.01. The number of aryl methyl sites for hydroxylation is 1. The number of carboxylic acid groups (broad SMARTS) is 1. The summed E-state index contributed by atoms with van der Waals surface area (Å²) in [6.07, 6.45) is -0.00783. The number of benzene rings is 3. The van der Waals surface area contributed by atoms with Gasteiger partial charge in [0.25, 0.3) is 11.8 Å². The number of hydrogen-bond acceptors (Lipinski definition) is 7. The van der Waals surface area contributed by atoms with Gasteiger partial charge in [-0.05, 0) is 54.3 Å². The van der Waals surface area contributed by atoms with E-state index in [1.54, 1.807) is 53.4 Å². The summed E-state index contributed by atoms with van der Waals surface area (Å²) in [6.45, 7) is 9.93. The number of rotatable bonds is 9. The zero-order valence-electron chi connectivity index (χ0n) is 26.6. The zero-order valence-corrected chi connectivity index (χ0v) is 26.6. The number of anilines is 2. The second-order valence-corrected chi connectivity index (χ2v) is 12.9. The highest BCUT2D eigenvalue weighted by Gasteiger charge is 2.27. The number of fused-ring (bicyclic) bond motifs is 1. The minimum Gasteiger partial charge on any atom is -0.481 e. The van der Waals surface area contributed by atoms with Crippen LogP contribution in [0.1, 0.15) is 71.5 Å². The Morgan fingerprint density at radius 1 is 0.870 bits per heavy atom. The maximum atomic E-state index is 13.5. The molecule has 0 aliphatic carbocycles. The van der Waals surface area contributed by atoms with Crippen LogP contribution in [0.5, 0.6) is 11.5 Å². The van der Waals surface area contributed by atoms with E-state index in [4.69, 9.17) is 9.47 Å². The third kappa shape index (κ3) is 7.96. The minimum absolute atomic E-state index is 0.104. The summed E-state index contributed by atoms with van der Waals surface area (Å²) in [5, 5.41) is 15.4. The first-order valence-corrected chi connectivity index (χ1v) is 15.3. The van der Waals surface area contributed by atoms with Crippen molar-refractivity contribution in [2.75, 3.05) is 43.2 Å². The van der Waals surface area contributed by atoms with Crippen LogP contribution in [0.15, 0.2) is 60.7 Å². The Morgan fingerprint density at radius 3 is 2.22 bits per heavy atom. The number of piperazine rings is 1. The van der Waals surface area contributed by atoms with Crippen molar-refractivity contribution in [3.63, 3.8) is 0 Å². The van der Waals surface area contributed by atoms with Crippen molar-refractivity contribution in [2.24, 2.45) is 5.41 Å². The Morgan fingerprint density at radius 2 is 1.54 bits per heavy atom. The van der Waals surface area contributed by atoms with E-state index in [0.29, 0.717) is 54.5 Å². The lowest BCUT2D eigenvalue weighted by molar-refractivity contribution is -0.137. The molecule has 1 unspecified atom stereocenters. The molecule has 3 aromatic rings. The number of hydrogen-bond donors (Lipinski definition) is 3. The average Bonchev–Trinajstić information content (AvgIpc) is 3.48. The van der Waals surface area contributed by atoms with Gasteiger partial charge in [-0.15, -0.1) is 0 Å². The molecule has 1 fully saturated rings. The maximum Gasteiger partial charge on any atom is 0.305 e.